The highest BCUT2D eigenvalue weighted by molar-refractivity contribution is 5.79. The second kappa shape index (κ2) is 9.39. The van der Waals surface area contributed by atoms with Gasteiger partial charge >= 0.3 is 0 Å². The van der Waals surface area contributed by atoms with Gasteiger partial charge in [-0.2, -0.15) is 5.10 Å². The van der Waals surface area contributed by atoms with Crippen molar-refractivity contribution in [2.45, 2.75) is 70.7 Å². The van der Waals surface area contributed by atoms with Crippen LogP contribution in [0.15, 0.2) is 17.3 Å². The zero-order chi connectivity index (χ0) is 20.1. The molecule has 0 radical (unpaired) electrons. The summed E-state index contributed by atoms with van der Waals surface area (Å²) in [5, 5.41) is 19.9. The minimum absolute atomic E-state index is 0.251. The van der Waals surface area contributed by atoms with Gasteiger partial charge in [-0.25, -0.2) is 4.99 Å². The van der Waals surface area contributed by atoms with Crippen molar-refractivity contribution in [1.82, 2.24) is 35.2 Å². The number of nitrogens with zero attached hydrogens (tertiary/aromatic N) is 6. The highest BCUT2D eigenvalue weighted by Crippen LogP contribution is 2.28. The first-order valence-corrected chi connectivity index (χ1v) is 10.7. The van der Waals surface area contributed by atoms with Crippen molar-refractivity contribution in [2.75, 3.05) is 13.2 Å². The third-order valence-corrected chi connectivity index (χ3v) is 5.88. The van der Waals surface area contributed by atoms with Crippen molar-refractivity contribution >= 4 is 5.96 Å². The highest BCUT2D eigenvalue weighted by atomic mass is 16.5. The van der Waals surface area contributed by atoms with Crippen LogP contribution >= 0.6 is 0 Å². The molecule has 0 aromatic carbocycles. The lowest BCUT2D eigenvalue weighted by Crippen LogP contribution is -2.41. The Balaban J connectivity index is 1.38. The maximum absolute atomic E-state index is 5.72. The summed E-state index contributed by atoms with van der Waals surface area (Å²) in [4.78, 5) is 4.75. The summed E-state index contributed by atoms with van der Waals surface area (Å²) in [7, 11) is 1.97. The minimum atomic E-state index is 0.251. The molecule has 9 nitrogen and oxygen atoms in total. The van der Waals surface area contributed by atoms with Gasteiger partial charge in [0.05, 0.1) is 30.9 Å². The fourth-order valence-corrected chi connectivity index (χ4v) is 3.95. The van der Waals surface area contributed by atoms with Gasteiger partial charge in [-0.3, -0.25) is 4.68 Å². The molecule has 1 aliphatic heterocycles. The zero-order valence-electron chi connectivity index (χ0n) is 17.5. The first-order valence-electron chi connectivity index (χ1n) is 10.7. The second-order valence-corrected chi connectivity index (χ2v) is 7.98. The molecule has 9 heteroatoms. The molecule has 2 aromatic heterocycles. The van der Waals surface area contributed by atoms with E-state index >= 15 is 0 Å². The van der Waals surface area contributed by atoms with Crippen LogP contribution in [0.5, 0.6) is 0 Å². The van der Waals surface area contributed by atoms with Gasteiger partial charge in [0.15, 0.2) is 11.8 Å². The fraction of sp³-hybridized carbons (Fsp3) is 0.700. The van der Waals surface area contributed by atoms with Gasteiger partial charge in [-0.1, -0.05) is 12.8 Å². The summed E-state index contributed by atoms with van der Waals surface area (Å²) in [6.45, 7) is 4.65. The summed E-state index contributed by atoms with van der Waals surface area (Å²) < 4.78 is 9.82. The van der Waals surface area contributed by atoms with Gasteiger partial charge in [-0.15, -0.1) is 10.2 Å². The molecule has 158 valence electrons. The first kappa shape index (κ1) is 19.9. The van der Waals surface area contributed by atoms with Gasteiger partial charge in [0.2, 0.25) is 0 Å². The summed E-state index contributed by atoms with van der Waals surface area (Å²) >= 11 is 0. The van der Waals surface area contributed by atoms with Crippen LogP contribution in [-0.2, 0) is 24.9 Å². The number of hydrogen-bond acceptors (Lipinski definition) is 5. The lowest BCUT2D eigenvalue weighted by molar-refractivity contribution is 0.113. The third kappa shape index (κ3) is 5.14. The number of guanidine groups is 1. The Bertz CT molecular complexity index is 814. The van der Waals surface area contributed by atoms with E-state index in [1.807, 2.05) is 18.5 Å². The Labute approximate surface area is 171 Å². The van der Waals surface area contributed by atoms with Crippen LogP contribution < -0.4 is 10.6 Å². The molecule has 2 fully saturated rings. The Morgan fingerprint density at radius 2 is 2.07 bits per heavy atom. The molecular formula is C20H32N8O. The summed E-state index contributed by atoms with van der Waals surface area (Å²) in [6.07, 6.45) is 9.64. The lowest BCUT2D eigenvalue weighted by Gasteiger charge is -2.15. The molecule has 4 rings (SSSR count). The van der Waals surface area contributed by atoms with Crippen LogP contribution in [-0.4, -0.2) is 49.8 Å². The van der Waals surface area contributed by atoms with Gasteiger partial charge < -0.3 is 19.9 Å². The largest absolute Gasteiger partial charge is 0.376 e. The van der Waals surface area contributed by atoms with Gasteiger partial charge in [0.25, 0.3) is 0 Å². The lowest BCUT2D eigenvalue weighted by atomic mass is 10.2. The van der Waals surface area contributed by atoms with E-state index in [-0.39, 0.29) is 6.10 Å². The quantitative estimate of drug-likeness (QED) is 0.544. The van der Waals surface area contributed by atoms with E-state index in [1.54, 1.807) is 0 Å². The molecular weight excluding hydrogens is 368 g/mol. The van der Waals surface area contributed by atoms with Crippen molar-refractivity contribution in [1.29, 1.82) is 0 Å². The number of aromatic nitrogens is 5. The van der Waals surface area contributed by atoms with Crippen LogP contribution in [0.2, 0.25) is 0 Å². The predicted octanol–water partition coefficient (Wildman–Crippen LogP) is 1.85. The Kier molecular flexibility index (Phi) is 6.43. The topological polar surface area (TPSA) is 94.2 Å². The fourth-order valence-electron chi connectivity index (χ4n) is 3.95. The molecule has 2 N–H and O–H groups in total. The van der Waals surface area contributed by atoms with Crippen LogP contribution in [0, 0.1) is 6.92 Å². The van der Waals surface area contributed by atoms with Gasteiger partial charge in [0, 0.05) is 26.4 Å². The van der Waals surface area contributed by atoms with Crippen molar-refractivity contribution in [3.63, 3.8) is 0 Å². The molecule has 1 unspecified atom stereocenters. The molecule has 29 heavy (non-hydrogen) atoms. The molecule has 1 atom stereocenters. The van der Waals surface area contributed by atoms with E-state index < -0.39 is 0 Å². The molecule has 0 amide bonds. The maximum atomic E-state index is 5.72. The molecule has 0 spiro atoms. The highest BCUT2D eigenvalue weighted by Gasteiger charge is 2.18. The van der Waals surface area contributed by atoms with Crippen LogP contribution in [0.25, 0.3) is 0 Å². The molecule has 1 saturated carbocycles. The number of aryl methyl sites for hydroxylation is 1. The predicted molar refractivity (Wildman–Crippen MR) is 110 cm³/mol. The Morgan fingerprint density at radius 1 is 1.21 bits per heavy atom. The number of nitrogens with one attached hydrogen (secondary N) is 2. The number of aliphatic imine (C=N–C) groups is 1. The Hall–Kier alpha value is -2.42. The van der Waals surface area contributed by atoms with E-state index in [4.69, 9.17) is 14.8 Å². The van der Waals surface area contributed by atoms with Crippen LogP contribution in [0.3, 0.4) is 0 Å². The second-order valence-electron chi connectivity index (χ2n) is 7.98. The summed E-state index contributed by atoms with van der Waals surface area (Å²) in [6, 6.07) is 2.63. The Morgan fingerprint density at radius 3 is 2.79 bits per heavy atom. The van der Waals surface area contributed by atoms with Crippen LogP contribution in [0.4, 0.5) is 0 Å². The standard InChI is InChI=1S/C20H32N8O/c1-15-24-25-19(27(15)2)14-23-20(22-13-18-8-5-11-29-18)21-12-16-9-10-28(26-16)17-6-3-4-7-17/h9-10,17-18H,3-8,11-14H2,1-2H3,(H2,21,22,23). The average molecular weight is 401 g/mol. The third-order valence-electron chi connectivity index (χ3n) is 5.88. The van der Waals surface area contributed by atoms with Crippen molar-refractivity contribution in [3.8, 4) is 0 Å². The number of ether oxygens (including phenoxy) is 1. The van der Waals surface area contributed by atoms with E-state index in [1.165, 1.54) is 25.7 Å². The zero-order valence-corrected chi connectivity index (χ0v) is 17.5. The molecule has 1 saturated heterocycles. The van der Waals surface area contributed by atoms with Gasteiger partial charge in [-0.05, 0) is 38.7 Å². The first-order chi connectivity index (χ1) is 14.2. The van der Waals surface area contributed by atoms with Crippen molar-refractivity contribution < 1.29 is 4.74 Å². The van der Waals surface area contributed by atoms with E-state index in [0.717, 1.165) is 49.3 Å². The molecule has 1 aliphatic carbocycles. The molecule has 2 aliphatic rings. The smallest absolute Gasteiger partial charge is 0.192 e. The number of rotatable bonds is 7. The molecule has 2 aromatic rings. The normalized spacial score (nSPS) is 20.5. The minimum Gasteiger partial charge on any atom is -0.376 e. The maximum Gasteiger partial charge on any atom is 0.192 e. The number of hydrogen-bond donors (Lipinski definition) is 2. The summed E-state index contributed by atoms with van der Waals surface area (Å²) in [5.74, 6) is 2.52. The molecule has 0 bridgehead atoms. The molecule has 3 heterocycles. The van der Waals surface area contributed by atoms with Crippen molar-refractivity contribution in [3.05, 3.63) is 29.6 Å². The van der Waals surface area contributed by atoms with E-state index in [0.29, 0.717) is 19.1 Å². The van der Waals surface area contributed by atoms with E-state index in [9.17, 15) is 0 Å². The monoisotopic (exact) mass is 400 g/mol. The SMILES string of the molecule is Cc1nnc(CNC(=NCc2ccn(C3CCCC3)n2)NCC2CCCO2)n1C. The van der Waals surface area contributed by atoms with Crippen LogP contribution in [0.1, 0.15) is 61.9 Å². The summed E-state index contributed by atoms with van der Waals surface area (Å²) in [5.41, 5.74) is 0.990. The van der Waals surface area contributed by atoms with E-state index in [2.05, 4.69) is 37.8 Å². The van der Waals surface area contributed by atoms with Crippen molar-refractivity contribution in [2.24, 2.45) is 12.0 Å². The van der Waals surface area contributed by atoms with Gasteiger partial charge in [0.1, 0.15) is 5.82 Å². The average Bonchev–Trinajstić information content (AvgIpc) is 3.52.